The highest BCUT2D eigenvalue weighted by atomic mass is 35.5. The van der Waals surface area contributed by atoms with Gasteiger partial charge in [0.1, 0.15) is 11.1 Å². The van der Waals surface area contributed by atoms with E-state index in [1.54, 1.807) is 7.11 Å². The Morgan fingerprint density at radius 2 is 2.10 bits per heavy atom. The number of H-pyrrole nitrogens is 1. The zero-order valence-corrected chi connectivity index (χ0v) is 12.5. The third kappa shape index (κ3) is 3.88. The van der Waals surface area contributed by atoms with Crippen molar-refractivity contribution < 1.29 is 9.47 Å². The average Bonchev–Trinajstić information content (AvgIpc) is 2.49. The molecule has 0 bridgehead atoms. The maximum absolute atomic E-state index is 11.3. The lowest BCUT2D eigenvalue weighted by Crippen LogP contribution is -2.24. The third-order valence-electron chi connectivity index (χ3n) is 2.77. The summed E-state index contributed by atoms with van der Waals surface area (Å²) in [6.45, 7) is 2.36. The molecule has 7 heteroatoms. The number of benzene rings is 1. The van der Waals surface area contributed by atoms with Gasteiger partial charge in [-0.3, -0.25) is 4.79 Å². The molecule has 2 N–H and O–H groups in total. The lowest BCUT2D eigenvalue weighted by molar-refractivity contribution is 0.223. The Morgan fingerprint density at radius 3 is 2.81 bits per heavy atom. The molecule has 1 aromatic heterocycles. The van der Waals surface area contributed by atoms with Gasteiger partial charge in [-0.25, -0.2) is 5.10 Å². The molecule has 112 valence electrons. The quantitative estimate of drug-likeness (QED) is 0.856. The van der Waals surface area contributed by atoms with Crippen LogP contribution in [0.4, 0.5) is 5.69 Å². The van der Waals surface area contributed by atoms with Gasteiger partial charge in [-0.2, -0.15) is 5.10 Å². The molecule has 0 aliphatic rings. The summed E-state index contributed by atoms with van der Waals surface area (Å²) in [6, 6.07) is 7.40. The van der Waals surface area contributed by atoms with Crippen molar-refractivity contribution in [3.63, 3.8) is 0 Å². The second kappa shape index (κ2) is 6.99. The highest BCUT2D eigenvalue weighted by Crippen LogP contribution is 2.26. The van der Waals surface area contributed by atoms with E-state index in [0.717, 1.165) is 0 Å². The van der Waals surface area contributed by atoms with Crippen molar-refractivity contribution >= 4 is 17.3 Å². The Morgan fingerprint density at radius 1 is 1.38 bits per heavy atom. The van der Waals surface area contributed by atoms with Gasteiger partial charge in [-0.1, -0.05) is 23.7 Å². The maximum Gasteiger partial charge on any atom is 0.285 e. The molecule has 1 atom stereocenters. The fourth-order valence-electron chi connectivity index (χ4n) is 1.74. The van der Waals surface area contributed by atoms with E-state index in [0.29, 0.717) is 23.7 Å². The third-order valence-corrected chi connectivity index (χ3v) is 3.15. The van der Waals surface area contributed by atoms with Crippen molar-refractivity contribution in [2.75, 3.05) is 19.0 Å². The van der Waals surface area contributed by atoms with Crippen molar-refractivity contribution in [1.29, 1.82) is 0 Å². The Balaban J connectivity index is 1.97. The second-order valence-electron chi connectivity index (χ2n) is 4.39. The molecule has 0 aliphatic carbocycles. The highest BCUT2D eigenvalue weighted by molar-refractivity contribution is 6.32. The first-order valence-electron chi connectivity index (χ1n) is 6.38. The van der Waals surface area contributed by atoms with E-state index in [2.05, 4.69) is 15.5 Å². The van der Waals surface area contributed by atoms with Crippen LogP contribution in [0.2, 0.25) is 5.02 Å². The number of nitrogens with zero attached hydrogens (tertiary/aromatic N) is 1. The van der Waals surface area contributed by atoms with Crippen LogP contribution in [0.25, 0.3) is 0 Å². The summed E-state index contributed by atoms with van der Waals surface area (Å²) in [7, 11) is 1.59. The predicted octanol–water partition coefficient (Wildman–Crippen LogP) is 2.31. The molecule has 1 unspecified atom stereocenters. The minimum Gasteiger partial charge on any atom is -0.493 e. The SMILES string of the molecule is COc1ccccc1OC(C)CNc1cn[nH]c(=O)c1Cl. The van der Waals surface area contributed by atoms with Gasteiger partial charge >= 0.3 is 0 Å². The molecule has 21 heavy (non-hydrogen) atoms. The molecule has 0 radical (unpaired) electrons. The van der Waals surface area contributed by atoms with Crippen LogP contribution in [0.5, 0.6) is 11.5 Å². The second-order valence-corrected chi connectivity index (χ2v) is 4.76. The number of methoxy groups -OCH3 is 1. The van der Waals surface area contributed by atoms with Crippen LogP contribution < -0.4 is 20.3 Å². The number of anilines is 1. The summed E-state index contributed by atoms with van der Waals surface area (Å²) in [4.78, 5) is 11.3. The standard InChI is InChI=1S/C14H16ClN3O3/c1-9(21-12-6-4-3-5-11(12)20-2)7-16-10-8-17-18-14(19)13(10)15/h3-6,8-9H,7H2,1-2H3,(H2,16,18,19). The molecule has 0 amide bonds. The Hall–Kier alpha value is -2.21. The first kappa shape index (κ1) is 15.2. The minimum absolute atomic E-state index is 0.0782. The molecule has 0 aliphatic heterocycles. The average molecular weight is 310 g/mol. The predicted molar refractivity (Wildman–Crippen MR) is 81.4 cm³/mol. The number of nitrogens with one attached hydrogen (secondary N) is 2. The topological polar surface area (TPSA) is 76.2 Å². The van der Waals surface area contributed by atoms with Gasteiger partial charge in [0.05, 0.1) is 25.5 Å². The van der Waals surface area contributed by atoms with Crippen LogP contribution in [0.15, 0.2) is 35.3 Å². The van der Waals surface area contributed by atoms with Crippen molar-refractivity contribution in [1.82, 2.24) is 10.2 Å². The maximum atomic E-state index is 11.3. The zero-order chi connectivity index (χ0) is 15.2. The molecule has 1 aromatic carbocycles. The first-order valence-corrected chi connectivity index (χ1v) is 6.76. The van der Waals surface area contributed by atoms with Gasteiger partial charge in [0, 0.05) is 0 Å². The Bertz CT molecular complexity index is 660. The van der Waals surface area contributed by atoms with Gasteiger partial charge in [-0.05, 0) is 19.1 Å². The van der Waals surface area contributed by atoms with Crippen molar-refractivity contribution in [2.24, 2.45) is 0 Å². The van der Waals surface area contributed by atoms with Gasteiger partial charge in [0.2, 0.25) is 0 Å². The van der Waals surface area contributed by atoms with Crippen LogP contribution in [-0.2, 0) is 0 Å². The molecule has 0 saturated heterocycles. The number of hydrogen-bond donors (Lipinski definition) is 2. The lowest BCUT2D eigenvalue weighted by Gasteiger charge is -2.18. The lowest BCUT2D eigenvalue weighted by atomic mass is 10.3. The van der Waals surface area contributed by atoms with E-state index in [4.69, 9.17) is 21.1 Å². The summed E-state index contributed by atoms with van der Waals surface area (Å²) in [5.74, 6) is 1.32. The molecule has 6 nitrogen and oxygen atoms in total. The smallest absolute Gasteiger partial charge is 0.285 e. The number of ether oxygens (including phenoxy) is 2. The first-order chi connectivity index (χ1) is 10.1. The van der Waals surface area contributed by atoms with E-state index in [1.807, 2.05) is 31.2 Å². The van der Waals surface area contributed by atoms with E-state index in [-0.39, 0.29) is 11.1 Å². The Kier molecular flexibility index (Phi) is 5.05. The summed E-state index contributed by atoms with van der Waals surface area (Å²) < 4.78 is 11.0. The largest absolute Gasteiger partial charge is 0.493 e. The zero-order valence-electron chi connectivity index (χ0n) is 11.7. The molecule has 0 spiro atoms. The molecular formula is C14H16ClN3O3. The van der Waals surface area contributed by atoms with Gasteiger partial charge in [0.15, 0.2) is 11.5 Å². The van der Waals surface area contributed by atoms with E-state index in [1.165, 1.54) is 6.20 Å². The van der Waals surface area contributed by atoms with E-state index in [9.17, 15) is 4.79 Å². The number of rotatable bonds is 6. The van der Waals surface area contributed by atoms with Crippen LogP contribution in [0, 0.1) is 0 Å². The van der Waals surface area contributed by atoms with Crippen LogP contribution in [0.1, 0.15) is 6.92 Å². The minimum atomic E-state index is -0.431. The number of hydrogen-bond acceptors (Lipinski definition) is 5. The van der Waals surface area contributed by atoms with Crippen LogP contribution in [-0.4, -0.2) is 30.0 Å². The summed E-state index contributed by atoms with van der Waals surface area (Å²) in [6.07, 6.45) is 1.30. The molecule has 2 aromatic rings. The molecule has 0 saturated carbocycles. The fourth-order valence-corrected chi connectivity index (χ4v) is 1.89. The van der Waals surface area contributed by atoms with Crippen LogP contribution >= 0.6 is 11.6 Å². The molecule has 0 fully saturated rings. The Labute approximate surface area is 127 Å². The monoisotopic (exact) mass is 309 g/mol. The molecule has 2 rings (SSSR count). The summed E-state index contributed by atoms with van der Waals surface area (Å²) in [5, 5.41) is 9.06. The van der Waals surface area contributed by atoms with Crippen molar-refractivity contribution in [2.45, 2.75) is 13.0 Å². The van der Waals surface area contributed by atoms with Gasteiger partial charge < -0.3 is 14.8 Å². The van der Waals surface area contributed by atoms with Crippen molar-refractivity contribution in [3.8, 4) is 11.5 Å². The number of aromatic amines is 1. The van der Waals surface area contributed by atoms with Crippen molar-refractivity contribution in [3.05, 3.63) is 45.8 Å². The highest BCUT2D eigenvalue weighted by Gasteiger charge is 2.10. The van der Waals surface area contributed by atoms with E-state index >= 15 is 0 Å². The van der Waals surface area contributed by atoms with Gasteiger partial charge in [0.25, 0.3) is 5.56 Å². The number of para-hydroxylation sites is 2. The molecular weight excluding hydrogens is 294 g/mol. The number of aromatic nitrogens is 2. The van der Waals surface area contributed by atoms with Gasteiger partial charge in [-0.15, -0.1) is 0 Å². The summed E-state index contributed by atoms with van der Waals surface area (Å²) >= 11 is 5.88. The van der Waals surface area contributed by atoms with Crippen LogP contribution in [0.3, 0.4) is 0 Å². The number of halogens is 1. The normalized spacial score (nSPS) is 11.8. The van der Waals surface area contributed by atoms with E-state index < -0.39 is 5.56 Å². The fraction of sp³-hybridized carbons (Fsp3) is 0.286. The molecule has 1 heterocycles. The summed E-state index contributed by atoms with van der Waals surface area (Å²) in [5.41, 5.74) is 0.0378.